The van der Waals surface area contributed by atoms with Crippen molar-refractivity contribution in [3.63, 3.8) is 0 Å². The monoisotopic (exact) mass is 251 g/mol. The van der Waals surface area contributed by atoms with Gasteiger partial charge in [0.25, 0.3) is 0 Å². The molecule has 1 aromatic rings. The van der Waals surface area contributed by atoms with Gasteiger partial charge in [0.15, 0.2) is 0 Å². The highest BCUT2D eigenvalue weighted by atomic mass is 16.5. The number of hydrogen-bond donors (Lipinski definition) is 1. The fourth-order valence-corrected chi connectivity index (χ4v) is 1.69. The van der Waals surface area contributed by atoms with Gasteiger partial charge >= 0.3 is 0 Å². The van der Waals surface area contributed by atoms with Crippen LogP contribution in [-0.2, 0) is 0 Å². The third-order valence-corrected chi connectivity index (χ3v) is 2.76. The highest BCUT2D eigenvalue weighted by molar-refractivity contribution is 5.42. The van der Waals surface area contributed by atoms with Crippen LogP contribution in [0.4, 0.5) is 0 Å². The third kappa shape index (κ3) is 4.22. The van der Waals surface area contributed by atoms with E-state index in [-0.39, 0.29) is 6.04 Å². The van der Waals surface area contributed by atoms with Gasteiger partial charge in [-0.25, -0.2) is 0 Å². The lowest BCUT2D eigenvalue weighted by atomic mass is 10.0. The summed E-state index contributed by atoms with van der Waals surface area (Å²) < 4.78 is 11.4. The molecule has 0 heterocycles. The second kappa shape index (κ2) is 7.98. The van der Waals surface area contributed by atoms with E-state index in [0.29, 0.717) is 0 Å². The molecule has 0 amide bonds. The van der Waals surface area contributed by atoms with Crippen LogP contribution < -0.4 is 15.2 Å². The summed E-state index contributed by atoms with van der Waals surface area (Å²) in [6.45, 7) is 7.72. The molecule has 3 heteroatoms. The molecule has 1 aromatic carbocycles. The van der Waals surface area contributed by atoms with Gasteiger partial charge in [-0.1, -0.05) is 20.8 Å². The van der Waals surface area contributed by atoms with Gasteiger partial charge in [-0.15, -0.1) is 0 Å². The fraction of sp³-hybridized carbons (Fsp3) is 0.600. The van der Waals surface area contributed by atoms with Crippen LogP contribution in [0.25, 0.3) is 0 Å². The van der Waals surface area contributed by atoms with Crippen molar-refractivity contribution in [3.8, 4) is 11.5 Å². The van der Waals surface area contributed by atoms with Gasteiger partial charge in [0.2, 0.25) is 0 Å². The SMILES string of the molecule is CCCOc1ccc(OCCC)c(C(N)CC)c1. The first-order valence-electron chi connectivity index (χ1n) is 6.88. The summed E-state index contributed by atoms with van der Waals surface area (Å²) in [6.07, 6.45) is 2.89. The van der Waals surface area contributed by atoms with Crippen LogP contribution in [0, 0.1) is 0 Å². The molecule has 0 bridgehead atoms. The maximum atomic E-state index is 6.13. The topological polar surface area (TPSA) is 44.5 Å². The van der Waals surface area contributed by atoms with E-state index in [9.17, 15) is 0 Å². The van der Waals surface area contributed by atoms with Gasteiger partial charge in [0.05, 0.1) is 13.2 Å². The highest BCUT2D eigenvalue weighted by Crippen LogP contribution is 2.30. The maximum absolute atomic E-state index is 6.13. The zero-order chi connectivity index (χ0) is 13.4. The lowest BCUT2D eigenvalue weighted by Gasteiger charge is -2.17. The first kappa shape index (κ1) is 14.8. The van der Waals surface area contributed by atoms with Gasteiger partial charge in [-0.2, -0.15) is 0 Å². The molecule has 0 saturated carbocycles. The fourth-order valence-electron chi connectivity index (χ4n) is 1.69. The summed E-state index contributed by atoms with van der Waals surface area (Å²) in [5.41, 5.74) is 7.17. The molecule has 3 nitrogen and oxygen atoms in total. The van der Waals surface area contributed by atoms with Crippen LogP contribution in [-0.4, -0.2) is 13.2 Å². The molecular formula is C15H25NO2. The van der Waals surface area contributed by atoms with Crippen LogP contribution in [0.2, 0.25) is 0 Å². The molecule has 0 aliphatic carbocycles. The summed E-state index contributed by atoms with van der Waals surface area (Å²) in [6, 6.07) is 5.93. The van der Waals surface area contributed by atoms with E-state index >= 15 is 0 Å². The Morgan fingerprint density at radius 3 is 2.33 bits per heavy atom. The van der Waals surface area contributed by atoms with Crippen molar-refractivity contribution in [3.05, 3.63) is 23.8 Å². The Morgan fingerprint density at radius 1 is 1.06 bits per heavy atom. The van der Waals surface area contributed by atoms with Crippen molar-refractivity contribution in [2.75, 3.05) is 13.2 Å². The molecule has 1 atom stereocenters. The van der Waals surface area contributed by atoms with Crippen molar-refractivity contribution in [2.45, 2.75) is 46.1 Å². The average Bonchev–Trinajstić information content (AvgIpc) is 2.42. The quantitative estimate of drug-likeness (QED) is 0.766. The van der Waals surface area contributed by atoms with Crippen LogP contribution >= 0.6 is 0 Å². The van der Waals surface area contributed by atoms with Crippen molar-refractivity contribution >= 4 is 0 Å². The predicted octanol–water partition coefficient (Wildman–Crippen LogP) is 3.67. The number of rotatable bonds is 8. The minimum absolute atomic E-state index is 0.00188. The van der Waals surface area contributed by atoms with Crippen LogP contribution in [0.3, 0.4) is 0 Å². The Labute approximate surface area is 110 Å². The van der Waals surface area contributed by atoms with E-state index in [2.05, 4.69) is 20.8 Å². The molecule has 2 N–H and O–H groups in total. The molecule has 0 aromatic heterocycles. The minimum Gasteiger partial charge on any atom is -0.494 e. The number of benzene rings is 1. The summed E-state index contributed by atoms with van der Waals surface area (Å²) in [7, 11) is 0. The van der Waals surface area contributed by atoms with E-state index in [1.165, 1.54) is 0 Å². The van der Waals surface area contributed by atoms with E-state index < -0.39 is 0 Å². The molecule has 0 aliphatic heterocycles. The van der Waals surface area contributed by atoms with E-state index in [4.69, 9.17) is 15.2 Å². The second-order valence-electron chi connectivity index (χ2n) is 4.41. The summed E-state index contributed by atoms with van der Waals surface area (Å²) in [5.74, 6) is 1.76. The summed E-state index contributed by atoms with van der Waals surface area (Å²) >= 11 is 0. The lowest BCUT2D eigenvalue weighted by molar-refractivity contribution is 0.304. The van der Waals surface area contributed by atoms with Gasteiger partial charge < -0.3 is 15.2 Å². The Kier molecular flexibility index (Phi) is 6.58. The van der Waals surface area contributed by atoms with Gasteiger partial charge in [0.1, 0.15) is 11.5 Å². The zero-order valence-electron chi connectivity index (χ0n) is 11.7. The molecule has 102 valence electrons. The molecule has 0 saturated heterocycles. The molecule has 0 spiro atoms. The highest BCUT2D eigenvalue weighted by Gasteiger charge is 2.12. The Hall–Kier alpha value is -1.22. The number of nitrogens with two attached hydrogens (primary N) is 1. The summed E-state index contributed by atoms with van der Waals surface area (Å²) in [4.78, 5) is 0. The Balaban J connectivity index is 2.89. The smallest absolute Gasteiger partial charge is 0.124 e. The molecule has 0 aliphatic rings. The molecule has 18 heavy (non-hydrogen) atoms. The Bertz CT molecular complexity index is 352. The maximum Gasteiger partial charge on any atom is 0.124 e. The van der Waals surface area contributed by atoms with Gasteiger partial charge in [0, 0.05) is 11.6 Å². The number of hydrogen-bond acceptors (Lipinski definition) is 3. The molecular weight excluding hydrogens is 226 g/mol. The molecule has 1 rings (SSSR count). The predicted molar refractivity (Wildman–Crippen MR) is 75.2 cm³/mol. The van der Waals surface area contributed by atoms with Crippen molar-refractivity contribution in [1.82, 2.24) is 0 Å². The van der Waals surface area contributed by atoms with Crippen LogP contribution in [0.1, 0.15) is 51.6 Å². The van der Waals surface area contributed by atoms with Gasteiger partial charge in [-0.3, -0.25) is 0 Å². The zero-order valence-corrected chi connectivity index (χ0v) is 11.7. The first-order chi connectivity index (χ1) is 8.72. The average molecular weight is 251 g/mol. The third-order valence-electron chi connectivity index (χ3n) is 2.76. The Morgan fingerprint density at radius 2 is 1.72 bits per heavy atom. The van der Waals surface area contributed by atoms with E-state index in [0.717, 1.165) is 49.5 Å². The lowest BCUT2D eigenvalue weighted by Crippen LogP contribution is -2.11. The van der Waals surface area contributed by atoms with Crippen LogP contribution in [0.15, 0.2) is 18.2 Å². The largest absolute Gasteiger partial charge is 0.494 e. The van der Waals surface area contributed by atoms with E-state index in [1.54, 1.807) is 0 Å². The molecule has 0 radical (unpaired) electrons. The normalized spacial score (nSPS) is 12.2. The standard InChI is InChI=1S/C15H25NO2/c1-4-9-17-12-7-8-15(18-10-5-2)13(11-12)14(16)6-3/h7-8,11,14H,4-6,9-10,16H2,1-3H3. The molecule has 1 unspecified atom stereocenters. The van der Waals surface area contributed by atoms with Crippen molar-refractivity contribution in [2.24, 2.45) is 5.73 Å². The van der Waals surface area contributed by atoms with E-state index in [1.807, 2.05) is 18.2 Å². The van der Waals surface area contributed by atoms with Crippen molar-refractivity contribution < 1.29 is 9.47 Å². The first-order valence-corrected chi connectivity index (χ1v) is 6.88. The summed E-state index contributed by atoms with van der Waals surface area (Å²) in [5, 5.41) is 0. The van der Waals surface area contributed by atoms with Gasteiger partial charge in [-0.05, 0) is 37.5 Å². The van der Waals surface area contributed by atoms with Crippen LogP contribution in [0.5, 0.6) is 11.5 Å². The van der Waals surface area contributed by atoms with Crippen molar-refractivity contribution in [1.29, 1.82) is 0 Å². The molecule has 0 fully saturated rings. The second-order valence-corrected chi connectivity index (χ2v) is 4.41. The number of ether oxygens (including phenoxy) is 2. The minimum atomic E-state index is 0.00188.